The van der Waals surface area contributed by atoms with Crippen LogP contribution in [-0.4, -0.2) is 15.0 Å². The number of anilines is 1. The van der Waals surface area contributed by atoms with E-state index in [0.29, 0.717) is 11.6 Å². The van der Waals surface area contributed by atoms with E-state index in [4.69, 9.17) is 5.73 Å². The minimum absolute atomic E-state index is 0.505. The molecule has 0 saturated heterocycles. The van der Waals surface area contributed by atoms with E-state index in [9.17, 15) is 0 Å². The maximum Gasteiger partial charge on any atom is 0.137 e. The standard InChI is InChI=1S/C11H14N4S/c1-3-4-8-6-16-11(15-8)9-5-13-7(2)14-10(9)12/h5-6H,3-4H2,1-2H3,(H2,12,13,14). The number of nitrogens with zero attached hydrogens (tertiary/aromatic N) is 3. The van der Waals surface area contributed by atoms with Gasteiger partial charge in [0.2, 0.25) is 0 Å². The van der Waals surface area contributed by atoms with Crippen molar-refractivity contribution >= 4 is 17.2 Å². The molecular weight excluding hydrogens is 220 g/mol. The second-order valence-corrected chi connectivity index (χ2v) is 4.47. The van der Waals surface area contributed by atoms with Gasteiger partial charge in [0.05, 0.1) is 11.3 Å². The van der Waals surface area contributed by atoms with E-state index in [1.807, 2.05) is 6.92 Å². The molecule has 0 radical (unpaired) electrons. The summed E-state index contributed by atoms with van der Waals surface area (Å²) < 4.78 is 0. The molecule has 5 heteroatoms. The smallest absolute Gasteiger partial charge is 0.137 e. The van der Waals surface area contributed by atoms with Crippen molar-refractivity contribution < 1.29 is 0 Å². The van der Waals surface area contributed by atoms with Gasteiger partial charge in [-0.2, -0.15) is 0 Å². The number of hydrogen-bond acceptors (Lipinski definition) is 5. The molecule has 0 aliphatic carbocycles. The van der Waals surface area contributed by atoms with Crippen LogP contribution in [0.1, 0.15) is 24.9 Å². The Hall–Kier alpha value is -1.49. The first-order valence-corrected chi connectivity index (χ1v) is 6.12. The van der Waals surface area contributed by atoms with Crippen molar-refractivity contribution in [2.75, 3.05) is 5.73 Å². The summed E-state index contributed by atoms with van der Waals surface area (Å²) in [5.41, 5.74) is 7.80. The number of aryl methyl sites for hydroxylation is 2. The fourth-order valence-corrected chi connectivity index (χ4v) is 2.33. The van der Waals surface area contributed by atoms with Crippen LogP contribution in [0.25, 0.3) is 10.6 Å². The lowest BCUT2D eigenvalue weighted by Crippen LogP contribution is -1.98. The van der Waals surface area contributed by atoms with Crippen LogP contribution in [0.2, 0.25) is 0 Å². The summed E-state index contributed by atoms with van der Waals surface area (Å²) in [6.07, 6.45) is 3.85. The van der Waals surface area contributed by atoms with Gasteiger partial charge in [0, 0.05) is 11.6 Å². The molecule has 0 aliphatic rings. The monoisotopic (exact) mass is 234 g/mol. The molecule has 2 rings (SSSR count). The topological polar surface area (TPSA) is 64.7 Å². The molecule has 2 heterocycles. The molecule has 0 aromatic carbocycles. The summed E-state index contributed by atoms with van der Waals surface area (Å²) in [6, 6.07) is 0. The van der Waals surface area contributed by atoms with E-state index >= 15 is 0 Å². The van der Waals surface area contributed by atoms with Crippen LogP contribution in [0.15, 0.2) is 11.6 Å². The van der Waals surface area contributed by atoms with Gasteiger partial charge in [0.1, 0.15) is 16.6 Å². The van der Waals surface area contributed by atoms with Crippen molar-refractivity contribution in [1.29, 1.82) is 0 Å². The molecule has 0 saturated carbocycles. The fraction of sp³-hybridized carbons (Fsp3) is 0.364. The van der Waals surface area contributed by atoms with Gasteiger partial charge in [-0.05, 0) is 13.3 Å². The lowest BCUT2D eigenvalue weighted by molar-refractivity contribution is 0.893. The zero-order valence-electron chi connectivity index (χ0n) is 9.40. The highest BCUT2D eigenvalue weighted by Gasteiger charge is 2.09. The largest absolute Gasteiger partial charge is 0.383 e. The van der Waals surface area contributed by atoms with Crippen LogP contribution in [0.4, 0.5) is 5.82 Å². The minimum Gasteiger partial charge on any atom is -0.383 e. The van der Waals surface area contributed by atoms with Crippen LogP contribution >= 0.6 is 11.3 Å². The summed E-state index contributed by atoms with van der Waals surface area (Å²) in [7, 11) is 0. The van der Waals surface area contributed by atoms with Crippen molar-refractivity contribution in [3.05, 3.63) is 23.1 Å². The van der Waals surface area contributed by atoms with Crippen molar-refractivity contribution in [2.45, 2.75) is 26.7 Å². The van der Waals surface area contributed by atoms with E-state index < -0.39 is 0 Å². The third-order valence-corrected chi connectivity index (χ3v) is 3.15. The Morgan fingerprint density at radius 1 is 1.38 bits per heavy atom. The molecule has 0 amide bonds. The Morgan fingerprint density at radius 3 is 2.88 bits per heavy atom. The molecule has 0 spiro atoms. The number of nitrogen functional groups attached to an aromatic ring is 1. The molecule has 0 unspecified atom stereocenters. The van der Waals surface area contributed by atoms with E-state index in [1.54, 1.807) is 17.5 Å². The molecule has 4 nitrogen and oxygen atoms in total. The molecule has 2 aromatic rings. The number of nitrogens with two attached hydrogens (primary N) is 1. The second kappa shape index (κ2) is 4.57. The summed E-state index contributed by atoms with van der Waals surface area (Å²) in [5.74, 6) is 1.19. The predicted molar refractivity (Wildman–Crippen MR) is 66.3 cm³/mol. The van der Waals surface area contributed by atoms with Gasteiger partial charge < -0.3 is 5.73 Å². The van der Waals surface area contributed by atoms with Crippen LogP contribution in [-0.2, 0) is 6.42 Å². The fourth-order valence-electron chi connectivity index (χ4n) is 1.45. The van der Waals surface area contributed by atoms with E-state index in [2.05, 4.69) is 27.3 Å². The first kappa shape index (κ1) is 11.0. The molecule has 0 fully saturated rings. The number of aromatic nitrogens is 3. The van der Waals surface area contributed by atoms with Gasteiger partial charge in [0.25, 0.3) is 0 Å². The van der Waals surface area contributed by atoms with Gasteiger partial charge in [-0.1, -0.05) is 13.3 Å². The van der Waals surface area contributed by atoms with Gasteiger partial charge in [-0.15, -0.1) is 11.3 Å². The Morgan fingerprint density at radius 2 is 2.19 bits per heavy atom. The Bertz CT molecular complexity index is 492. The molecule has 16 heavy (non-hydrogen) atoms. The Labute approximate surface area is 98.6 Å². The summed E-state index contributed by atoms with van der Waals surface area (Å²) in [5, 5.41) is 2.97. The average Bonchev–Trinajstić information content (AvgIpc) is 2.67. The predicted octanol–water partition coefficient (Wildman–Crippen LogP) is 2.44. The zero-order valence-corrected chi connectivity index (χ0v) is 10.2. The number of rotatable bonds is 3. The molecule has 84 valence electrons. The lowest BCUT2D eigenvalue weighted by Gasteiger charge is -2.00. The van der Waals surface area contributed by atoms with Crippen molar-refractivity contribution in [2.24, 2.45) is 0 Å². The second-order valence-electron chi connectivity index (χ2n) is 3.61. The van der Waals surface area contributed by atoms with Crippen molar-refractivity contribution in [1.82, 2.24) is 15.0 Å². The average molecular weight is 234 g/mol. The molecular formula is C11H14N4S. The van der Waals surface area contributed by atoms with Crippen LogP contribution in [0.5, 0.6) is 0 Å². The maximum absolute atomic E-state index is 5.85. The highest BCUT2D eigenvalue weighted by molar-refractivity contribution is 7.13. The lowest BCUT2D eigenvalue weighted by atomic mass is 10.3. The summed E-state index contributed by atoms with van der Waals surface area (Å²) in [4.78, 5) is 12.8. The van der Waals surface area contributed by atoms with Crippen LogP contribution < -0.4 is 5.73 Å². The highest BCUT2D eigenvalue weighted by atomic mass is 32.1. The zero-order chi connectivity index (χ0) is 11.5. The Kier molecular flexibility index (Phi) is 3.14. The number of hydrogen-bond donors (Lipinski definition) is 1. The molecule has 2 aromatic heterocycles. The molecule has 2 N–H and O–H groups in total. The number of thiazole rings is 1. The minimum atomic E-state index is 0.505. The molecule has 0 aliphatic heterocycles. The van der Waals surface area contributed by atoms with E-state index in [1.165, 1.54) is 0 Å². The van der Waals surface area contributed by atoms with Gasteiger partial charge in [-0.3, -0.25) is 0 Å². The summed E-state index contributed by atoms with van der Waals surface area (Å²) >= 11 is 1.59. The molecule has 0 bridgehead atoms. The van der Waals surface area contributed by atoms with Crippen LogP contribution in [0, 0.1) is 6.92 Å². The third-order valence-electron chi connectivity index (χ3n) is 2.23. The summed E-state index contributed by atoms with van der Waals surface area (Å²) in [6.45, 7) is 3.97. The van der Waals surface area contributed by atoms with E-state index in [0.717, 1.165) is 29.1 Å². The quantitative estimate of drug-likeness (QED) is 0.886. The third kappa shape index (κ3) is 2.19. The maximum atomic E-state index is 5.85. The van der Waals surface area contributed by atoms with Crippen LogP contribution in [0.3, 0.4) is 0 Å². The SMILES string of the molecule is CCCc1csc(-c2cnc(C)nc2N)n1. The van der Waals surface area contributed by atoms with Gasteiger partial charge in [0.15, 0.2) is 0 Å². The molecule has 0 atom stereocenters. The van der Waals surface area contributed by atoms with Crippen molar-refractivity contribution in [3.63, 3.8) is 0 Å². The van der Waals surface area contributed by atoms with Gasteiger partial charge in [-0.25, -0.2) is 15.0 Å². The van der Waals surface area contributed by atoms with Crippen molar-refractivity contribution in [3.8, 4) is 10.6 Å². The first-order valence-electron chi connectivity index (χ1n) is 5.24. The van der Waals surface area contributed by atoms with E-state index in [-0.39, 0.29) is 0 Å². The normalized spacial score (nSPS) is 10.6. The van der Waals surface area contributed by atoms with Gasteiger partial charge >= 0.3 is 0 Å². The Balaban J connectivity index is 2.35. The highest BCUT2D eigenvalue weighted by Crippen LogP contribution is 2.27. The first-order chi connectivity index (χ1) is 7.70.